The first-order valence-corrected chi connectivity index (χ1v) is 5.90. The fourth-order valence-electron chi connectivity index (χ4n) is 1.85. The molecule has 2 atom stereocenters. The Morgan fingerprint density at radius 3 is 2.76 bits per heavy atom. The number of aliphatic hydroxyl groups is 1. The number of hydrogen-bond acceptors (Lipinski definition) is 3. The van der Waals surface area contributed by atoms with E-state index < -0.39 is 11.9 Å². The van der Waals surface area contributed by atoms with Gasteiger partial charge in [0.2, 0.25) is 0 Å². The van der Waals surface area contributed by atoms with Crippen LogP contribution in [0.5, 0.6) is 11.5 Å². The van der Waals surface area contributed by atoms with Crippen molar-refractivity contribution < 1.29 is 19.0 Å². The maximum Gasteiger partial charge on any atom is 0.197 e. The average Bonchev–Trinajstić information content (AvgIpc) is 2.37. The van der Waals surface area contributed by atoms with Crippen LogP contribution in [0.15, 0.2) is 12.1 Å². The zero-order valence-corrected chi connectivity index (χ0v) is 10.1. The summed E-state index contributed by atoms with van der Waals surface area (Å²) in [5.74, 6) is 0.140. The van der Waals surface area contributed by atoms with Gasteiger partial charge in [-0.25, -0.2) is 4.39 Å². The molecule has 0 aliphatic carbocycles. The Labute approximate surface area is 100 Å². The fourth-order valence-corrected chi connectivity index (χ4v) is 1.85. The van der Waals surface area contributed by atoms with E-state index in [4.69, 9.17) is 9.47 Å². The Morgan fingerprint density at radius 1 is 1.35 bits per heavy atom. The lowest BCUT2D eigenvalue weighted by molar-refractivity contribution is 0.113. The fraction of sp³-hybridized carbons (Fsp3) is 0.538. The number of hydrogen-bond donors (Lipinski definition) is 1. The third-order valence-electron chi connectivity index (χ3n) is 3.14. The van der Waals surface area contributed by atoms with E-state index in [1.54, 1.807) is 6.07 Å². The second-order valence-electron chi connectivity index (χ2n) is 4.36. The molecular weight excluding hydrogens is 223 g/mol. The summed E-state index contributed by atoms with van der Waals surface area (Å²) in [7, 11) is 0. The molecule has 1 aliphatic heterocycles. The summed E-state index contributed by atoms with van der Waals surface area (Å²) < 4.78 is 24.3. The molecule has 0 bridgehead atoms. The van der Waals surface area contributed by atoms with Gasteiger partial charge in [-0.15, -0.1) is 0 Å². The summed E-state index contributed by atoms with van der Waals surface area (Å²) in [6.07, 6.45) is 0.155. The van der Waals surface area contributed by atoms with E-state index in [0.29, 0.717) is 24.5 Å². The van der Waals surface area contributed by atoms with Gasteiger partial charge in [0.25, 0.3) is 0 Å². The molecule has 3 nitrogen and oxygen atoms in total. The molecule has 0 amide bonds. The summed E-state index contributed by atoms with van der Waals surface area (Å²) in [4.78, 5) is 0. The van der Waals surface area contributed by atoms with Crippen molar-refractivity contribution in [3.05, 3.63) is 23.5 Å². The Morgan fingerprint density at radius 2 is 2.06 bits per heavy atom. The van der Waals surface area contributed by atoms with Crippen molar-refractivity contribution in [3.63, 3.8) is 0 Å². The van der Waals surface area contributed by atoms with Crippen molar-refractivity contribution >= 4 is 0 Å². The smallest absolute Gasteiger partial charge is 0.197 e. The minimum Gasteiger partial charge on any atom is -0.486 e. The molecule has 17 heavy (non-hydrogen) atoms. The van der Waals surface area contributed by atoms with Crippen molar-refractivity contribution in [1.82, 2.24) is 0 Å². The van der Waals surface area contributed by atoms with Crippen LogP contribution in [0, 0.1) is 11.7 Å². The number of fused-ring (bicyclic) bond motifs is 1. The first kappa shape index (κ1) is 12.2. The molecule has 1 aliphatic rings. The number of halogens is 1. The molecule has 0 saturated carbocycles. The van der Waals surface area contributed by atoms with Gasteiger partial charge >= 0.3 is 0 Å². The van der Waals surface area contributed by atoms with Crippen LogP contribution in [0.25, 0.3) is 0 Å². The third-order valence-corrected chi connectivity index (χ3v) is 3.14. The van der Waals surface area contributed by atoms with E-state index in [0.717, 1.165) is 6.42 Å². The molecule has 0 fully saturated rings. The molecule has 0 spiro atoms. The molecule has 0 unspecified atom stereocenters. The number of aliphatic hydroxyl groups excluding tert-OH is 1. The Bertz CT molecular complexity index is 406. The minimum atomic E-state index is -0.676. The Balaban J connectivity index is 2.33. The molecule has 4 heteroatoms. The molecule has 1 heterocycles. The summed E-state index contributed by atoms with van der Waals surface area (Å²) in [6.45, 7) is 4.69. The predicted octanol–water partition coefficient (Wildman–Crippen LogP) is 2.68. The SMILES string of the molecule is CC[C@@H](C)[C@H](O)c1cc(F)c2c(c1)OCCO2. The highest BCUT2D eigenvalue weighted by molar-refractivity contribution is 5.45. The molecule has 1 aromatic carbocycles. The molecule has 2 rings (SSSR count). The van der Waals surface area contributed by atoms with Crippen molar-refractivity contribution in [1.29, 1.82) is 0 Å². The van der Waals surface area contributed by atoms with Gasteiger partial charge in [0.15, 0.2) is 17.3 Å². The van der Waals surface area contributed by atoms with Crippen LogP contribution in [0.3, 0.4) is 0 Å². The number of ether oxygens (including phenoxy) is 2. The summed E-state index contributed by atoms with van der Waals surface area (Å²) >= 11 is 0. The Kier molecular flexibility index (Phi) is 3.52. The quantitative estimate of drug-likeness (QED) is 0.882. The van der Waals surface area contributed by atoms with Gasteiger partial charge in [0, 0.05) is 0 Å². The lowest BCUT2D eigenvalue weighted by Gasteiger charge is -2.22. The highest BCUT2D eigenvalue weighted by Crippen LogP contribution is 2.37. The van der Waals surface area contributed by atoms with E-state index >= 15 is 0 Å². The third kappa shape index (κ3) is 2.36. The van der Waals surface area contributed by atoms with Gasteiger partial charge in [-0.2, -0.15) is 0 Å². The molecule has 1 aromatic rings. The van der Waals surface area contributed by atoms with E-state index in [9.17, 15) is 9.50 Å². The summed E-state index contributed by atoms with van der Waals surface area (Å²) in [6, 6.07) is 2.98. The average molecular weight is 240 g/mol. The van der Waals surface area contributed by atoms with Crippen LogP contribution in [0.2, 0.25) is 0 Å². The topological polar surface area (TPSA) is 38.7 Å². The van der Waals surface area contributed by atoms with Crippen LogP contribution in [0.4, 0.5) is 4.39 Å². The highest BCUT2D eigenvalue weighted by atomic mass is 19.1. The summed E-state index contributed by atoms with van der Waals surface area (Å²) in [5, 5.41) is 10.1. The van der Waals surface area contributed by atoms with E-state index in [2.05, 4.69) is 0 Å². The molecule has 94 valence electrons. The second-order valence-corrected chi connectivity index (χ2v) is 4.36. The van der Waals surface area contributed by atoms with Crippen molar-refractivity contribution in [2.45, 2.75) is 26.4 Å². The zero-order chi connectivity index (χ0) is 12.4. The second kappa shape index (κ2) is 4.92. The van der Waals surface area contributed by atoms with Crippen LogP contribution in [-0.2, 0) is 0 Å². The van der Waals surface area contributed by atoms with E-state index in [1.807, 2.05) is 13.8 Å². The number of benzene rings is 1. The predicted molar refractivity (Wildman–Crippen MR) is 61.8 cm³/mol. The molecule has 1 N–H and O–H groups in total. The maximum absolute atomic E-state index is 13.7. The molecular formula is C13H17FO3. The first-order chi connectivity index (χ1) is 8.13. The molecule has 0 radical (unpaired) electrons. The largest absolute Gasteiger partial charge is 0.486 e. The number of rotatable bonds is 3. The van der Waals surface area contributed by atoms with Gasteiger partial charge in [0.05, 0.1) is 6.10 Å². The van der Waals surface area contributed by atoms with E-state index in [1.165, 1.54) is 6.07 Å². The van der Waals surface area contributed by atoms with Gasteiger partial charge in [-0.3, -0.25) is 0 Å². The standard InChI is InChI=1S/C13H17FO3/c1-3-8(2)12(15)9-6-10(14)13-11(7-9)16-4-5-17-13/h6-8,12,15H,3-5H2,1-2H3/t8-,12+/m1/s1. The van der Waals surface area contributed by atoms with Gasteiger partial charge in [-0.1, -0.05) is 20.3 Å². The lowest BCUT2D eigenvalue weighted by atomic mass is 9.95. The van der Waals surface area contributed by atoms with Crippen molar-refractivity contribution in [3.8, 4) is 11.5 Å². The van der Waals surface area contributed by atoms with Gasteiger partial charge < -0.3 is 14.6 Å². The van der Waals surface area contributed by atoms with Gasteiger partial charge in [0.1, 0.15) is 13.2 Å². The normalized spacial score (nSPS) is 17.6. The first-order valence-electron chi connectivity index (χ1n) is 5.90. The summed E-state index contributed by atoms with van der Waals surface area (Å²) in [5.41, 5.74) is 0.543. The minimum absolute atomic E-state index is 0.0805. The highest BCUT2D eigenvalue weighted by Gasteiger charge is 2.22. The van der Waals surface area contributed by atoms with Crippen LogP contribution < -0.4 is 9.47 Å². The van der Waals surface area contributed by atoms with Crippen molar-refractivity contribution in [2.75, 3.05) is 13.2 Å². The van der Waals surface area contributed by atoms with Crippen molar-refractivity contribution in [2.24, 2.45) is 5.92 Å². The monoisotopic (exact) mass is 240 g/mol. The van der Waals surface area contributed by atoms with Gasteiger partial charge in [-0.05, 0) is 23.6 Å². The lowest BCUT2D eigenvalue weighted by Crippen LogP contribution is -2.17. The zero-order valence-electron chi connectivity index (χ0n) is 10.1. The molecule has 0 saturated heterocycles. The Hall–Kier alpha value is -1.29. The van der Waals surface area contributed by atoms with Crippen LogP contribution >= 0.6 is 0 Å². The molecule has 0 aromatic heterocycles. The van der Waals surface area contributed by atoms with E-state index in [-0.39, 0.29) is 11.7 Å². The van der Waals surface area contributed by atoms with Crippen LogP contribution in [0.1, 0.15) is 31.9 Å². The van der Waals surface area contributed by atoms with Crippen LogP contribution in [-0.4, -0.2) is 18.3 Å². The maximum atomic E-state index is 13.7.